The molecule has 156 valence electrons. The monoisotopic (exact) mass is 448 g/mol. The highest BCUT2D eigenvalue weighted by atomic mass is 35.5. The van der Waals surface area contributed by atoms with E-state index in [-0.39, 0.29) is 5.57 Å². The lowest BCUT2D eigenvalue weighted by Gasteiger charge is -2.10. The third kappa shape index (κ3) is 6.65. The Morgan fingerprint density at radius 2 is 1.81 bits per heavy atom. The number of carbonyl (C=O) groups is 1. The van der Waals surface area contributed by atoms with Gasteiger partial charge >= 0.3 is 0 Å². The van der Waals surface area contributed by atoms with Gasteiger partial charge in [0.15, 0.2) is 0 Å². The molecule has 0 aliphatic rings. The van der Waals surface area contributed by atoms with Gasteiger partial charge in [-0.3, -0.25) is 4.79 Å². The molecule has 3 aromatic carbocycles. The maximum atomic E-state index is 12.6. The molecule has 0 radical (unpaired) electrons. The number of amides is 1. The van der Waals surface area contributed by atoms with Gasteiger partial charge in [-0.2, -0.15) is 5.26 Å². The number of halogens is 1. The van der Waals surface area contributed by atoms with E-state index >= 15 is 0 Å². The number of hydrogen-bond donors (Lipinski definition) is 1. The fraction of sp³-hybridized carbons (Fsp3) is 0.120. The van der Waals surface area contributed by atoms with Crippen LogP contribution in [0, 0.1) is 18.3 Å². The minimum atomic E-state index is -0.454. The number of ether oxygens (including phenoxy) is 1. The topological polar surface area (TPSA) is 62.1 Å². The van der Waals surface area contributed by atoms with Gasteiger partial charge in [0, 0.05) is 26.9 Å². The van der Waals surface area contributed by atoms with Crippen LogP contribution in [0.15, 0.2) is 83.3 Å². The molecular weight excluding hydrogens is 428 g/mol. The van der Waals surface area contributed by atoms with E-state index in [4.69, 9.17) is 16.3 Å². The maximum absolute atomic E-state index is 12.6. The summed E-state index contributed by atoms with van der Waals surface area (Å²) in [6.07, 6.45) is 1.55. The third-order valence-electron chi connectivity index (χ3n) is 4.40. The second kappa shape index (κ2) is 11.3. The van der Waals surface area contributed by atoms with Crippen molar-refractivity contribution in [1.82, 2.24) is 0 Å². The van der Waals surface area contributed by atoms with E-state index in [0.717, 1.165) is 16.2 Å². The van der Waals surface area contributed by atoms with Crippen LogP contribution in [0.25, 0.3) is 6.08 Å². The van der Waals surface area contributed by atoms with E-state index in [0.29, 0.717) is 28.6 Å². The number of anilines is 1. The summed E-state index contributed by atoms with van der Waals surface area (Å²) in [5, 5.41) is 13.0. The number of carbonyl (C=O) groups excluding carboxylic acids is 1. The number of nitrogens with one attached hydrogen (secondary N) is 1. The van der Waals surface area contributed by atoms with Gasteiger partial charge < -0.3 is 10.1 Å². The molecule has 6 heteroatoms. The van der Waals surface area contributed by atoms with E-state index in [1.165, 1.54) is 0 Å². The Bertz CT molecular complexity index is 1120. The average molecular weight is 449 g/mol. The molecule has 0 saturated carbocycles. The molecule has 0 aliphatic heterocycles. The number of nitrogens with zero attached hydrogens (tertiary/aromatic N) is 1. The molecule has 4 nitrogen and oxygen atoms in total. The highest BCUT2D eigenvalue weighted by molar-refractivity contribution is 7.99. The van der Waals surface area contributed by atoms with Crippen molar-refractivity contribution >= 4 is 41.0 Å². The molecule has 31 heavy (non-hydrogen) atoms. The molecular formula is C25H21ClN2O2S. The predicted molar refractivity (Wildman–Crippen MR) is 128 cm³/mol. The number of thioether (sulfide) groups is 1. The van der Waals surface area contributed by atoms with Crippen LogP contribution >= 0.6 is 23.4 Å². The van der Waals surface area contributed by atoms with Crippen LogP contribution in [0.5, 0.6) is 5.75 Å². The summed E-state index contributed by atoms with van der Waals surface area (Å²) in [7, 11) is 0. The molecule has 0 saturated heterocycles. The lowest BCUT2D eigenvalue weighted by Crippen LogP contribution is -2.14. The SMILES string of the molecule is Cc1ccccc1NC(=O)C(C#N)=Cc1ccccc1OCCSc1ccc(Cl)cc1. The van der Waals surface area contributed by atoms with Gasteiger partial charge in [0.05, 0.1) is 6.61 Å². The largest absolute Gasteiger partial charge is 0.492 e. The number of nitriles is 1. The second-order valence-electron chi connectivity index (χ2n) is 6.63. The molecule has 0 bridgehead atoms. The molecule has 1 N–H and O–H groups in total. The summed E-state index contributed by atoms with van der Waals surface area (Å²) in [5.41, 5.74) is 2.29. The first-order valence-corrected chi connectivity index (χ1v) is 11.0. The summed E-state index contributed by atoms with van der Waals surface area (Å²) < 4.78 is 5.91. The standard InChI is InChI=1S/C25H21ClN2O2S/c1-18-6-2-4-8-23(18)28-25(29)20(17-27)16-19-7-3-5-9-24(19)30-14-15-31-22-12-10-21(26)11-13-22/h2-13,16H,14-15H2,1H3,(H,28,29). The van der Waals surface area contributed by atoms with E-state index in [9.17, 15) is 10.1 Å². The predicted octanol–water partition coefficient (Wildman–Crippen LogP) is 6.37. The fourth-order valence-electron chi connectivity index (χ4n) is 2.78. The first kappa shape index (κ1) is 22.5. The Morgan fingerprint density at radius 3 is 2.55 bits per heavy atom. The highest BCUT2D eigenvalue weighted by Crippen LogP contribution is 2.24. The third-order valence-corrected chi connectivity index (χ3v) is 5.63. The zero-order valence-electron chi connectivity index (χ0n) is 17.0. The van der Waals surface area contributed by atoms with Crippen molar-refractivity contribution in [3.05, 3.63) is 94.5 Å². The first-order valence-electron chi connectivity index (χ1n) is 9.66. The Kier molecular flexibility index (Phi) is 8.17. The average Bonchev–Trinajstić information content (AvgIpc) is 2.78. The van der Waals surface area contributed by atoms with Crippen LogP contribution in [-0.2, 0) is 4.79 Å². The molecule has 3 aromatic rings. The zero-order valence-corrected chi connectivity index (χ0v) is 18.5. The van der Waals surface area contributed by atoms with Gasteiger partial charge in [0.1, 0.15) is 17.4 Å². The summed E-state index contributed by atoms with van der Waals surface area (Å²) >= 11 is 7.57. The van der Waals surface area contributed by atoms with Crippen LogP contribution in [0.2, 0.25) is 5.02 Å². The van der Waals surface area contributed by atoms with Gasteiger partial charge in [0.2, 0.25) is 0 Å². The molecule has 0 heterocycles. The summed E-state index contributed by atoms with van der Waals surface area (Å²) in [6, 6.07) is 24.4. The fourth-order valence-corrected chi connectivity index (χ4v) is 3.64. The maximum Gasteiger partial charge on any atom is 0.266 e. The molecule has 0 fully saturated rings. The first-order chi connectivity index (χ1) is 15.1. The Hall–Kier alpha value is -3.20. The van der Waals surface area contributed by atoms with Crippen molar-refractivity contribution in [2.75, 3.05) is 17.7 Å². The van der Waals surface area contributed by atoms with Crippen LogP contribution in [-0.4, -0.2) is 18.3 Å². The van der Waals surface area contributed by atoms with Crippen molar-refractivity contribution in [1.29, 1.82) is 5.26 Å². The van der Waals surface area contributed by atoms with E-state index in [1.54, 1.807) is 23.9 Å². The normalized spacial score (nSPS) is 10.9. The lowest BCUT2D eigenvalue weighted by atomic mass is 10.1. The van der Waals surface area contributed by atoms with Crippen LogP contribution in [0.4, 0.5) is 5.69 Å². The van der Waals surface area contributed by atoms with Crippen molar-refractivity contribution in [2.45, 2.75) is 11.8 Å². The number of aryl methyl sites for hydroxylation is 1. The second-order valence-corrected chi connectivity index (χ2v) is 8.23. The summed E-state index contributed by atoms with van der Waals surface area (Å²) in [6.45, 7) is 2.38. The van der Waals surface area contributed by atoms with Crippen molar-refractivity contribution in [3.63, 3.8) is 0 Å². The number of benzene rings is 3. The molecule has 0 atom stereocenters. The minimum Gasteiger partial charge on any atom is -0.492 e. The molecule has 3 rings (SSSR count). The summed E-state index contributed by atoms with van der Waals surface area (Å²) in [4.78, 5) is 13.7. The van der Waals surface area contributed by atoms with Crippen molar-refractivity contribution in [3.8, 4) is 11.8 Å². The zero-order chi connectivity index (χ0) is 22.1. The number of para-hydroxylation sites is 2. The van der Waals surface area contributed by atoms with Crippen molar-refractivity contribution in [2.24, 2.45) is 0 Å². The quantitative estimate of drug-likeness (QED) is 0.188. The van der Waals surface area contributed by atoms with Gasteiger partial charge in [-0.25, -0.2) is 0 Å². The Balaban J connectivity index is 1.65. The summed E-state index contributed by atoms with van der Waals surface area (Å²) in [5.74, 6) is 0.916. The molecule has 0 spiro atoms. The van der Waals surface area contributed by atoms with Crippen LogP contribution in [0.1, 0.15) is 11.1 Å². The molecule has 1 amide bonds. The Morgan fingerprint density at radius 1 is 1.10 bits per heavy atom. The Labute approximate surface area is 191 Å². The van der Waals surface area contributed by atoms with E-state index < -0.39 is 5.91 Å². The van der Waals surface area contributed by atoms with E-state index in [2.05, 4.69) is 5.32 Å². The highest BCUT2D eigenvalue weighted by Gasteiger charge is 2.12. The lowest BCUT2D eigenvalue weighted by molar-refractivity contribution is -0.112. The van der Waals surface area contributed by atoms with Crippen LogP contribution < -0.4 is 10.1 Å². The van der Waals surface area contributed by atoms with Gasteiger partial charge in [-0.05, 0) is 55.0 Å². The minimum absolute atomic E-state index is 0.00911. The van der Waals surface area contributed by atoms with Crippen LogP contribution in [0.3, 0.4) is 0 Å². The molecule has 0 unspecified atom stereocenters. The smallest absolute Gasteiger partial charge is 0.266 e. The van der Waals surface area contributed by atoms with Gasteiger partial charge in [0.25, 0.3) is 5.91 Å². The number of hydrogen-bond acceptors (Lipinski definition) is 4. The molecule has 0 aliphatic carbocycles. The molecule has 0 aromatic heterocycles. The van der Waals surface area contributed by atoms with Gasteiger partial charge in [-0.15, -0.1) is 11.8 Å². The van der Waals surface area contributed by atoms with Gasteiger partial charge in [-0.1, -0.05) is 48.0 Å². The van der Waals surface area contributed by atoms with Crippen molar-refractivity contribution < 1.29 is 9.53 Å². The van der Waals surface area contributed by atoms with E-state index in [1.807, 2.05) is 79.7 Å². The number of rotatable bonds is 8.